The Balaban J connectivity index is 1.94. The molecule has 18 heavy (non-hydrogen) atoms. The quantitative estimate of drug-likeness (QED) is 0.661. The van der Waals surface area contributed by atoms with E-state index < -0.39 is 0 Å². The highest BCUT2D eigenvalue weighted by Gasteiger charge is 2.03. The van der Waals surface area contributed by atoms with Gasteiger partial charge in [-0.15, -0.1) is 0 Å². The lowest BCUT2D eigenvalue weighted by Gasteiger charge is -2.02. The molecule has 0 amide bonds. The highest BCUT2D eigenvalue weighted by Crippen LogP contribution is 2.24. The molecular weight excluding hydrogens is 222 g/mol. The predicted octanol–water partition coefficient (Wildman–Crippen LogP) is 4.32. The van der Waals surface area contributed by atoms with Crippen molar-refractivity contribution in [2.24, 2.45) is 0 Å². The van der Waals surface area contributed by atoms with Gasteiger partial charge in [-0.1, -0.05) is 54.6 Å². The molecule has 0 radical (unpaired) electrons. The molecule has 0 N–H and O–H groups in total. The minimum absolute atomic E-state index is 0.692. The van der Waals surface area contributed by atoms with Gasteiger partial charge in [-0.05, 0) is 11.1 Å². The first-order chi connectivity index (χ1) is 8.83. The summed E-state index contributed by atoms with van der Waals surface area (Å²) in [6.07, 6.45) is 1.76. The SMILES string of the molecule is Cc1ncc(-c2ccc(-c3ccccc3)cc2)o1. The van der Waals surface area contributed by atoms with Gasteiger partial charge in [0.15, 0.2) is 11.7 Å². The van der Waals surface area contributed by atoms with Gasteiger partial charge in [-0.3, -0.25) is 0 Å². The lowest BCUT2D eigenvalue weighted by Crippen LogP contribution is -1.78. The minimum Gasteiger partial charge on any atom is -0.441 e. The van der Waals surface area contributed by atoms with Crippen LogP contribution in [0.5, 0.6) is 0 Å². The van der Waals surface area contributed by atoms with E-state index in [2.05, 4.69) is 41.4 Å². The lowest BCUT2D eigenvalue weighted by atomic mass is 10.0. The van der Waals surface area contributed by atoms with Crippen LogP contribution in [0.4, 0.5) is 0 Å². The number of rotatable bonds is 2. The van der Waals surface area contributed by atoms with Gasteiger partial charge in [0, 0.05) is 12.5 Å². The summed E-state index contributed by atoms with van der Waals surface area (Å²) in [4.78, 5) is 4.11. The van der Waals surface area contributed by atoms with Crippen molar-refractivity contribution in [1.29, 1.82) is 0 Å². The van der Waals surface area contributed by atoms with Crippen molar-refractivity contribution >= 4 is 0 Å². The number of benzene rings is 2. The summed E-state index contributed by atoms with van der Waals surface area (Å²) in [6.45, 7) is 1.85. The van der Waals surface area contributed by atoms with Gasteiger partial charge in [0.05, 0.1) is 6.20 Å². The molecule has 0 unspecified atom stereocenters. The van der Waals surface area contributed by atoms with Crippen LogP contribution >= 0.6 is 0 Å². The van der Waals surface area contributed by atoms with Crippen LogP contribution in [0.3, 0.4) is 0 Å². The van der Waals surface area contributed by atoms with Crippen molar-refractivity contribution in [2.45, 2.75) is 6.92 Å². The Bertz CT molecular complexity index is 638. The van der Waals surface area contributed by atoms with E-state index in [1.165, 1.54) is 11.1 Å². The van der Waals surface area contributed by atoms with Gasteiger partial charge in [-0.2, -0.15) is 0 Å². The summed E-state index contributed by atoms with van der Waals surface area (Å²) in [5.74, 6) is 1.50. The molecule has 0 spiro atoms. The first-order valence-corrected chi connectivity index (χ1v) is 5.91. The van der Waals surface area contributed by atoms with E-state index in [9.17, 15) is 0 Å². The molecule has 1 aromatic heterocycles. The fourth-order valence-electron chi connectivity index (χ4n) is 1.95. The zero-order chi connectivity index (χ0) is 12.4. The van der Waals surface area contributed by atoms with Crippen LogP contribution in [-0.2, 0) is 0 Å². The molecule has 88 valence electrons. The number of nitrogens with zero attached hydrogens (tertiary/aromatic N) is 1. The molecule has 3 rings (SSSR count). The summed E-state index contributed by atoms with van der Waals surface area (Å²) < 4.78 is 5.50. The van der Waals surface area contributed by atoms with Crippen LogP contribution in [0.15, 0.2) is 65.2 Å². The normalized spacial score (nSPS) is 10.5. The summed E-state index contributed by atoms with van der Waals surface area (Å²) in [5, 5.41) is 0. The second-order valence-corrected chi connectivity index (χ2v) is 4.19. The number of oxazole rings is 1. The Morgan fingerprint density at radius 2 is 1.39 bits per heavy atom. The average molecular weight is 235 g/mol. The summed E-state index contributed by atoms with van der Waals surface area (Å²) >= 11 is 0. The number of hydrogen-bond acceptors (Lipinski definition) is 2. The fraction of sp³-hybridized carbons (Fsp3) is 0.0625. The van der Waals surface area contributed by atoms with Gasteiger partial charge >= 0.3 is 0 Å². The Morgan fingerprint density at radius 1 is 0.778 bits per heavy atom. The zero-order valence-corrected chi connectivity index (χ0v) is 10.1. The minimum atomic E-state index is 0.692. The molecule has 0 saturated heterocycles. The largest absolute Gasteiger partial charge is 0.441 e. The number of hydrogen-bond donors (Lipinski definition) is 0. The van der Waals surface area contributed by atoms with E-state index in [0.29, 0.717) is 5.89 Å². The highest BCUT2D eigenvalue weighted by atomic mass is 16.4. The van der Waals surface area contributed by atoms with Crippen LogP contribution in [0.2, 0.25) is 0 Å². The fourth-order valence-corrected chi connectivity index (χ4v) is 1.95. The Hall–Kier alpha value is -2.35. The molecule has 2 heteroatoms. The molecule has 0 fully saturated rings. The average Bonchev–Trinajstić information content (AvgIpc) is 2.87. The first-order valence-electron chi connectivity index (χ1n) is 5.91. The van der Waals surface area contributed by atoms with Gasteiger partial charge in [-0.25, -0.2) is 4.98 Å². The monoisotopic (exact) mass is 235 g/mol. The van der Waals surface area contributed by atoms with E-state index in [4.69, 9.17) is 4.42 Å². The third-order valence-electron chi connectivity index (χ3n) is 2.90. The molecule has 2 nitrogen and oxygen atoms in total. The standard InChI is InChI=1S/C16H13NO/c1-12-17-11-16(18-12)15-9-7-14(8-10-15)13-5-3-2-4-6-13/h2-11H,1H3. The molecule has 0 aliphatic heterocycles. The molecule has 0 aliphatic carbocycles. The van der Waals surface area contributed by atoms with Crippen LogP contribution in [0.1, 0.15) is 5.89 Å². The topological polar surface area (TPSA) is 26.0 Å². The molecule has 0 atom stereocenters. The van der Waals surface area contributed by atoms with Crippen molar-refractivity contribution in [1.82, 2.24) is 4.98 Å². The molecule has 0 bridgehead atoms. The van der Waals surface area contributed by atoms with Crippen LogP contribution in [-0.4, -0.2) is 4.98 Å². The molecule has 1 heterocycles. The lowest BCUT2D eigenvalue weighted by molar-refractivity contribution is 0.534. The Labute approximate surface area is 106 Å². The van der Waals surface area contributed by atoms with Gasteiger partial charge in [0.2, 0.25) is 0 Å². The Morgan fingerprint density at radius 3 is 2.00 bits per heavy atom. The smallest absolute Gasteiger partial charge is 0.191 e. The molecule has 3 aromatic rings. The van der Waals surface area contributed by atoms with E-state index in [1.54, 1.807) is 6.20 Å². The highest BCUT2D eigenvalue weighted by molar-refractivity contribution is 5.67. The summed E-state index contributed by atoms with van der Waals surface area (Å²) in [7, 11) is 0. The van der Waals surface area contributed by atoms with Gasteiger partial charge < -0.3 is 4.42 Å². The van der Waals surface area contributed by atoms with Crippen LogP contribution < -0.4 is 0 Å². The van der Waals surface area contributed by atoms with E-state index in [1.807, 2.05) is 25.1 Å². The van der Waals surface area contributed by atoms with Crippen LogP contribution in [0.25, 0.3) is 22.5 Å². The van der Waals surface area contributed by atoms with Crippen molar-refractivity contribution in [3.05, 3.63) is 66.7 Å². The van der Waals surface area contributed by atoms with Gasteiger partial charge in [0.1, 0.15) is 0 Å². The maximum absolute atomic E-state index is 5.50. The Kier molecular flexibility index (Phi) is 2.69. The van der Waals surface area contributed by atoms with Crippen molar-refractivity contribution in [3.63, 3.8) is 0 Å². The molecule has 2 aromatic carbocycles. The van der Waals surface area contributed by atoms with Crippen molar-refractivity contribution in [2.75, 3.05) is 0 Å². The third-order valence-corrected chi connectivity index (χ3v) is 2.90. The third kappa shape index (κ3) is 2.05. The molecular formula is C16H13NO. The van der Waals surface area contributed by atoms with E-state index in [-0.39, 0.29) is 0 Å². The van der Waals surface area contributed by atoms with E-state index in [0.717, 1.165) is 11.3 Å². The summed E-state index contributed by atoms with van der Waals surface area (Å²) in [5.41, 5.74) is 3.48. The van der Waals surface area contributed by atoms with E-state index >= 15 is 0 Å². The van der Waals surface area contributed by atoms with Crippen molar-refractivity contribution in [3.8, 4) is 22.5 Å². The molecule has 0 saturated carbocycles. The number of aryl methyl sites for hydroxylation is 1. The van der Waals surface area contributed by atoms with Gasteiger partial charge in [0.25, 0.3) is 0 Å². The number of aromatic nitrogens is 1. The first kappa shape index (κ1) is 10.8. The predicted molar refractivity (Wildman–Crippen MR) is 72.1 cm³/mol. The summed E-state index contributed by atoms with van der Waals surface area (Å²) in [6, 6.07) is 18.6. The van der Waals surface area contributed by atoms with Crippen LogP contribution in [0, 0.1) is 6.92 Å². The zero-order valence-electron chi connectivity index (χ0n) is 10.1. The maximum atomic E-state index is 5.50. The maximum Gasteiger partial charge on any atom is 0.191 e. The second-order valence-electron chi connectivity index (χ2n) is 4.19. The van der Waals surface area contributed by atoms with Crippen molar-refractivity contribution < 1.29 is 4.42 Å². The second kappa shape index (κ2) is 4.49. The molecule has 0 aliphatic rings.